The summed E-state index contributed by atoms with van der Waals surface area (Å²) in [5.41, 5.74) is 10.6. The summed E-state index contributed by atoms with van der Waals surface area (Å²) in [5, 5.41) is 5.84. The molecule has 54 heavy (non-hydrogen) atoms. The molecule has 0 atom stereocenters. The molecule has 252 valence electrons. The molecular weight excluding hydrogens is 657 g/mol. The molecule has 0 aliphatic heterocycles. The first-order valence-corrected chi connectivity index (χ1v) is 18.2. The molecule has 10 rings (SSSR count). The molecule has 0 spiro atoms. The molecular formula is C50H32N4. The van der Waals surface area contributed by atoms with Gasteiger partial charge in [-0.15, -0.1) is 0 Å². The summed E-state index contributed by atoms with van der Waals surface area (Å²) >= 11 is 0. The lowest BCUT2D eigenvalue weighted by Gasteiger charge is -2.16. The summed E-state index contributed by atoms with van der Waals surface area (Å²) in [6, 6.07) is 67.6. The van der Waals surface area contributed by atoms with Crippen LogP contribution in [0.4, 0.5) is 0 Å². The van der Waals surface area contributed by atoms with E-state index in [0.717, 1.165) is 60.8 Å². The van der Waals surface area contributed by atoms with Gasteiger partial charge >= 0.3 is 0 Å². The second-order valence-electron chi connectivity index (χ2n) is 13.4. The molecule has 0 amide bonds. The van der Waals surface area contributed by atoms with E-state index in [1.807, 2.05) is 60.7 Å². The molecule has 0 saturated heterocycles. The average Bonchev–Trinajstić information content (AvgIpc) is 3.26. The van der Waals surface area contributed by atoms with Gasteiger partial charge in [0.05, 0.1) is 11.2 Å². The summed E-state index contributed by atoms with van der Waals surface area (Å²) < 4.78 is 0. The average molecular weight is 689 g/mol. The maximum absolute atomic E-state index is 5.34. The van der Waals surface area contributed by atoms with Crippen LogP contribution in [-0.2, 0) is 0 Å². The molecule has 0 radical (unpaired) electrons. The van der Waals surface area contributed by atoms with E-state index in [1.165, 1.54) is 21.9 Å². The highest BCUT2D eigenvalue weighted by atomic mass is 15.0. The lowest BCUT2D eigenvalue weighted by Crippen LogP contribution is -2.00. The molecule has 0 bridgehead atoms. The van der Waals surface area contributed by atoms with E-state index in [1.54, 1.807) is 0 Å². The highest BCUT2D eigenvalue weighted by molar-refractivity contribution is 6.19. The first kappa shape index (κ1) is 31.4. The van der Waals surface area contributed by atoms with Crippen molar-refractivity contribution in [2.45, 2.75) is 0 Å². The number of hydrogen-bond donors (Lipinski definition) is 0. The van der Waals surface area contributed by atoms with Gasteiger partial charge in [0.1, 0.15) is 0 Å². The minimum Gasteiger partial charge on any atom is -0.247 e. The van der Waals surface area contributed by atoms with Crippen LogP contribution in [0, 0.1) is 0 Å². The Morgan fingerprint density at radius 2 is 0.667 bits per heavy atom. The van der Waals surface area contributed by atoms with Crippen molar-refractivity contribution in [3.8, 4) is 67.7 Å². The number of benzene rings is 8. The SMILES string of the molecule is c1ccc(-c2nc(-c3ccccc3)nc(-c3ccc(-c4ccc(-c5nc6ccccc6c6c(-c7ccccc7)cccc56)c5ccccc45)cc3)n2)cc1. The number of pyridine rings is 1. The fourth-order valence-corrected chi connectivity index (χ4v) is 7.56. The summed E-state index contributed by atoms with van der Waals surface area (Å²) in [4.78, 5) is 20.1. The third-order valence-corrected chi connectivity index (χ3v) is 10.1. The van der Waals surface area contributed by atoms with Gasteiger partial charge in [0.25, 0.3) is 0 Å². The van der Waals surface area contributed by atoms with Gasteiger partial charge in [-0.05, 0) is 39.1 Å². The van der Waals surface area contributed by atoms with Crippen LogP contribution >= 0.6 is 0 Å². The lowest BCUT2D eigenvalue weighted by atomic mass is 9.89. The van der Waals surface area contributed by atoms with E-state index in [9.17, 15) is 0 Å². The number of para-hydroxylation sites is 1. The number of nitrogens with zero attached hydrogens (tertiary/aromatic N) is 4. The quantitative estimate of drug-likeness (QED) is 0.163. The maximum atomic E-state index is 5.34. The molecule has 10 aromatic rings. The normalized spacial score (nSPS) is 11.3. The Hall–Kier alpha value is -7.30. The Bertz CT molecular complexity index is 2900. The van der Waals surface area contributed by atoms with E-state index in [4.69, 9.17) is 19.9 Å². The topological polar surface area (TPSA) is 51.6 Å². The summed E-state index contributed by atoms with van der Waals surface area (Å²) in [5.74, 6) is 1.94. The number of rotatable bonds is 6. The molecule has 0 unspecified atom stereocenters. The van der Waals surface area contributed by atoms with Gasteiger partial charge in [-0.3, -0.25) is 0 Å². The summed E-state index contributed by atoms with van der Waals surface area (Å²) in [6.45, 7) is 0. The van der Waals surface area contributed by atoms with Crippen LogP contribution in [0.25, 0.3) is 100 Å². The van der Waals surface area contributed by atoms with Crippen molar-refractivity contribution in [1.82, 2.24) is 19.9 Å². The van der Waals surface area contributed by atoms with E-state index in [0.29, 0.717) is 17.5 Å². The predicted molar refractivity (Wildman–Crippen MR) is 223 cm³/mol. The van der Waals surface area contributed by atoms with Crippen molar-refractivity contribution in [1.29, 1.82) is 0 Å². The number of fused-ring (bicyclic) bond motifs is 4. The first-order chi connectivity index (χ1) is 26.8. The van der Waals surface area contributed by atoms with Crippen molar-refractivity contribution < 1.29 is 0 Å². The fraction of sp³-hybridized carbons (Fsp3) is 0. The van der Waals surface area contributed by atoms with Gasteiger partial charge in [-0.1, -0.05) is 188 Å². The third-order valence-electron chi connectivity index (χ3n) is 10.1. The second-order valence-corrected chi connectivity index (χ2v) is 13.4. The Balaban J connectivity index is 1.10. The van der Waals surface area contributed by atoms with Crippen LogP contribution in [0.5, 0.6) is 0 Å². The summed E-state index contributed by atoms with van der Waals surface area (Å²) in [6.07, 6.45) is 0. The Morgan fingerprint density at radius 1 is 0.241 bits per heavy atom. The molecule has 0 saturated carbocycles. The van der Waals surface area contributed by atoms with Crippen molar-refractivity contribution in [3.63, 3.8) is 0 Å². The van der Waals surface area contributed by atoms with Crippen LogP contribution in [-0.4, -0.2) is 19.9 Å². The zero-order chi connectivity index (χ0) is 35.8. The Labute approximate surface area is 313 Å². The molecule has 0 aliphatic rings. The van der Waals surface area contributed by atoms with Gasteiger partial charge in [-0.25, -0.2) is 19.9 Å². The van der Waals surface area contributed by atoms with Crippen LogP contribution in [0.2, 0.25) is 0 Å². The molecule has 4 nitrogen and oxygen atoms in total. The third kappa shape index (κ3) is 5.58. The molecule has 4 heteroatoms. The lowest BCUT2D eigenvalue weighted by molar-refractivity contribution is 1.07. The molecule has 0 N–H and O–H groups in total. The van der Waals surface area contributed by atoms with Crippen molar-refractivity contribution in [3.05, 3.63) is 194 Å². The second kappa shape index (κ2) is 13.4. The van der Waals surface area contributed by atoms with Gasteiger partial charge in [0.15, 0.2) is 17.5 Å². The van der Waals surface area contributed by atoms with E-state index in [-0.39, 0.29) is 0 Å². The molecule has 8 aromatic carbocycles. The molecule has 2 heterocycles. The van der Waals surface area contributed by atoms with Crippen LogP contribution in [0.1, 0.15) is 0 Å². The van der Waals surface area contributed by atoms with E-state index in [2.05, 4.69) is 133 Å². The first-order valence-electron chi connectivity index (χ1n) is 18.2. The molecule has 2 aromatic heterocycles. The van der Waals surface area contributed by atoms with Gasteiger partial charge in [-0.2, -0.15) is 0 Å². The minimum atomic E-state index is 0.638. The Kier molecular flexibility index (Phi) is 7.77. The Morgan fingerprint density at radius 3 is 1.28 bits per heavy atom. The van der Waals surface area contributed by atoms with E-state index >= 15 is 0 Å². The smallest absolute Gasteiger partial charge is 0.164 e. The van der Waals surface area contributed by atoms with E-state index < -0.39 is 0 Å². The van der Waals surface area contributed by atoms with Crippen LogP contribution < -0.4 is 0 Å². The minimum absolute atomic E-state index is 0.638. The number of aromatic nitrogens is 4. The molecule has 0 fully saturated rings. The monoisotopic (exact) mass is 688 g/mol. The van der Waals surface area contributed by atoms with Crippen molar-refractivity contribution in [2.75, 3.05) is 0 Å². The van der Waals surface area contributed by atoms with Gasteiger partial charge in [0.2, 0.25) is 0 Å². The highest BCUT2D eigenvalue weighted by Crippen LogP contribution is 2.42. The maximum Gasteiger partial charge on any atom is 0.164 e. The number of hydrogen-bond acceptors (Lipinski definition) is 4. The fourth-order valence-electron chi connectivity index (χ4n) is 7.56. The summed E-state index contributed by atoms with van der Waals surface area (Å²) in [7, 11) is 0. The standard InChI is InChI=1S/C50H32N4/c1-4-15-33(16-5-1)39-24-14-25-44-46(39)43-23-12-13-26-45(43)51-47(44)42-32-31-38(40-21-10-11-22-41(40)42)34-27-29-37(30-28-34)50-53-48(35-17-6-2-7-18-35)52-49(54-50)36-19-8-3-9-20-36/h1-32H. The van der Waals surface area contributed by atoms with Crippen LogP contribution in [0.3, 0.4) is 0 Å². The van der Waals surface area contributed by atoms with Crippen molar-refractivity contribution >= 4 is 32.4 Å². The van der Waals surface area contributed by atoms with Gasteiger partial charge in [0, 0.05) is 38.4 Å². The van der Waals surface area contributed by atoms with Crippen LogP contribution in [0.15, 0.2) is 194 Å². The van der Waals surface area contributed by atoms with Gasteiger partial charge < -0.3 is 0 Å². The zero-order valence-electron chi connectivity index (χ0n) is 29.3. The zero-order valence-corrected chi connectivity index (χ0v) is 29.3. The molecule has 0 aliphatic carbocycles. The largest absolute Gasteiger partial charge is 0.247 e. The van der Waals surface area contributed by atoms with Crippen molar-refractivity contribution in [2.24, 2.45) is 0 Å². The predicted octanol–water partition coefficient (Wildman–Crippen LogP) is 12.7. The highest BCUT2D eigenvalue weighted by Gasteiger charge is 2.18.